The molecule has 0 radical (unpaired) electrons. The molecule has 0 aromatic rings. The van der Waals surface area contributed by atoms with Crippen molar-refractivity contribution in [1.82, 2.24) is 0 Å². The third-order valence-electron chi connectivity index (χ3n) is 3.45. The molecule has 26 heavy (non-hydrogen) atoms. The molecule has 0 bridgehead atoms. The van der Waals surface area contributed by atoms with Crippen molar-refractivity contribution in [3.63, 3.8) is 0 Å². The van der Waals surface area contributed by atoms with Gasteiger partial charge >= 0.3 is 0 Å². The molecule has 0 aromatic heterocycles. The number of hydrogen-bond donors (Lipinski definition) is 0. The van der Waals surface area contributed by atoms with Gasteiger partial charge in [-0.05, 0) is 0 Å². The van der Waals surface area contributed by atoms with Crippen molar-refractivity contribution in [1.29, 1.82) is 0 Å². The number of alkyl halides is 17. The Bertz CT molecular complexity index is 521. The van der Waals surface area contributed by atoms with E-state index in [2.05, 4.69) is 0 Å². The van der Waals surface area contributed by atoms with Gasteiger partial charge in [-0.3, -0.25) is 0 Å². The van der Waals surface area contributed by atoms with Crippen LogP contribution >= 0.6 is 197 Å². The molecule has 0 nitrogen and oxygen atoms in total. The lowest BCUT2D eigenvalue weighted by molar-refractivity contribution is 0.481. The van der Waals surface area contributed by atoms with E-state index in [9.17, 15) is 0 Å². The van der Waals surface area contributed by atoms with Gasteiger partial charge in [-0.2, -0.15) is 0 Å². The normalized spacial score (nSPS) is 33.6. The molecule has 1 aliphatic carbocycles. The minimum absolute atomic E-state index is 1.97. The fraction of sp³-hybridized carbons (Fsp3) is 1.00. The second kappa shape index (κ2) is 8.01. The van der Waals surface area contributed by atoms with Crippen molar-refractivity contribution in [2.45, 2.75) is 40.0 Å². The molecule has 0 saturated heterocycles. The van der Waals surface area contributed by atoms with E-state index in [1.807, 2.05) is 0 Å². The van der Waals surface area contributed by atoms with E-state index < -0.39 is 40.0 Å². The van der Waals surface area contributed by atoms with Crippen molar-refractivity contribution in [3.8, 4) is 0 Å². The molecule has 1 rings (SSSR count). The van der Waals surface area contributed by atoms with Crippen LogP contribution in [0.15, 0.2) is 0 Å². The Labute approximate surface area is 234 Å². The van der Waals surface area contributed by atoms with Gasteiger partial charge in [0, 0.05) is 0 Å². The first kappa shape index (κ1) is 29.0. The fourth-order valence-electron chi connectivity index (χ4n) is 1.75. The van der Waals surface area contributed by atoms with Crippen LogP contribution in [0.3, 0.4) is 0 Å². The Hall–Kier alpha value is 4.93. The molecule has 1 saturated carbocycles. The predicted octanol–water partition coefficient (Wildman–Crippen LogP) is 10.00. The minimum atomic E-state index is -2.87. The van der Waals surface area contributed by atoms with Crippen molar-refractivity contribution >= 4 is 197 Å². The fourth-order valence-corrected chi connectivity index (χ4v) is 8.21. The summed E-state index contributed by atoms with van der Waals surface area (Å²) < 4.78 is -22.2. The summed E-state index contributed by atoms with van der Waals surface area (Å²) in [6.07, 6.45) is 0. The van der Waals surface area contributed by atoms with Gasteiger partial charge in [0.05, 0.1) is 0 Å². The van der Waals surface area contributed by atoms with E-state index in [4.69, 9.17) is 197 Å². The quantitative estimate of drug-likeness (QED) is 0.220. The minimum Gasteiger partial charge on any atom is -0.116 e. The molecular formula is C9HCl17. The molecular weight excluding hydrogens is 711 g/mol. The van der Waals surface area contributed by atoms with Gasteiger partial charge in [0.1, 0.15) is 5.38 Å². The Morgan fingerprint density at radius 1 is 0.308 bits per heavy atom. The van der Waals surface area contributed by atoms with Crippen LogP contribution in [0.5, 0.6) is 0 Å². The molecule has 0 aliphatic heterocycles. The van der Waals surface area contributed by atoms with Crippen LogP contribution in [0.25, 0.3) is 0 Å². The highest BCUT2D eigenvalue weighted by Crippen LogP contribution is 2.75. The first-order valence-corrected chi connectivity index (χ1v) is 12.1. The molecule has 0 atom stereocenters. The molecule has 156 valence electrons. The smallest absolute Gasteiger partial charge is 0.116 e. The average Bonchev–Trinajstić information content (AvgIpc) is 2.43. The zero-order valence-electron chi connectivity index (χ0n) is 11.0. The summed E-state index contributed by atoms with van der Waals surface area (Å²) in [5.41, 5.74) is 0. The SMILES string of the molecule is ClC1C(Cl)(Cl)C(Cl)(Cl)C(Cl)(Cl)C(Cl)(Cl)C(Cl)(Cl)C(Cl)(Cl)C(Cl)(Cl)C1(Cl)Cl. The standard InChI is InChI=1S/C9HCl17/c10-1-2(11,12)4(15,16)6(19,20)8(23,24)9(25,26)7(21,22)5(17,18)3(1,13)14/h1H. The largest absolute Gasteiger partial charge is 0.189 e. The van der Waals surface area contributed by atoms with Gasteiger partial charge in [0.25, 0.3) is 0 Å². The lowest BCUT2D eigenvalue weighted by atomic mass is 10.1. The monoisotopic (exact) mass is 703 g/mol. The van der Waals surface area contributed by atoms with Gasteiger partial charge in [-0.15, -0.1) is 11.6 Å². The summed E-state index contributed by atoms with van der Waals surface area (Å²) in [5.74, 6) is 0. The molecule has 1 fully saturated rings. The maximum absolute atomic E-state index is 6.21. The maximum Gasteiger partial charge on any atom is 0.189 e. The maximum atomic E-state index is 6.21. The summed E-state index contributed by atoms with van der Waals surface area (Å²) >= 11 is 105. The van der Waals surface area contributed by atoms with Gasteiger partial charge in [0.2, 0.25) is 0 Å². The van der Waals surface area contributed by atoms with Crippen LogP contribution in [0.1, 0.15) is 0 Å². The third-order valence-corrected chi connectivity index (χ3v) is 16.1. The van der Waals surface area contributed by atoms with Crippen molar-refractivity contribution < 1.29 is 0 Å². The van der Waals surface area contributed by atoms with Crippen LogP contribution in [-0.2, 0) is 0 Å². The van der Waals surface area contributed by atoms with Gasteiger partial charge in [-0.25, -0.2) is 0 Å². The topological polar surface area (TPSA) is 0 Å². The summed E-state index contributed by atoms with van der Waals surface area (Å²) in [5, 5.41) is -1.97. The molecule has 1 aliphatic rings. The van der Waals surface area contributed by atoms with Gasteiger partial charge in [0.15, 0.2) is 34.7 Å². The van der Waals surface area contributed by atoms with Crippen molar-refractivity contribution in [3.05, 3.63) is 0 Å². The zero-order chi connectivity index (χ0) is 21.6. The molecule has 0 amide bonds. The highest BCUT2D eigenvalue weighted by atomic mass is 35.6. The van der Waals surface area contributed by atoms with Crippen LogP contribution in [0, 0.1) is 0 Å². The van der Waals surface area contributed by atoms with Crippen LogP contribution < -0.4 is 0 Å². The Balaban J connectivity index is 4.14. The summed E-state index contributed by atoms with van der Waals surface area (Å²) in [6.45, 7) is 0. The van der Waals surface area contributed by atoms with E-state index in [1.165, 1.54) is 0 Å². The number of halogens is 17. The summed E-state index contributed by atoms with van der Waals surface area (Å²) in [4.78, 5) is 0. The van der Waals surface area contributed by atoms with Crippen molar-refractivity contribution in [2.75, 3.05) is 0 Å². The Morgan fingerprint density at radius 2 is 0.462 bits per heavy atom. The van der Waals surface area contributed by atoms with Crippen LogP contribution in [0.4, 0.5) is 0 Å². The van der Waals surface area contributed by atoms with E-state index in [1.54, 1.807) is 0 Å². The van der Waals surface area contributed by atoms with Crippen molar-refractivity contribution in [2.24, 2.45) is 0 Å². The molecule has 17 heteroatoms. The average molecular weight is 712 g/mol. The second-order valence-electron chi connectivity index (χ2n) is 5.05. The highest BCUT2D eigenvalue weighted by Gasteiger charge is 2.85. The van der Waals surface area contributed by atoms with Crippen LogP contribution in [-0.4, -0.2) is 40.0 Å². The molecule has 0 aromatic carbocycles. The molecule has 0 spiro atoms. The molecule has 0 unspecified atom stereocenters. The second-order valence-corrected chi connectivity index (χ2v) is 16.2. The van der Waals surface area contributed by atoms with Crippen LogP contribution in [0.2, 0.25) is 0 Å². The number of hydrogen-bond acceptors (Lipinski definition) is 0. The number of rotatable bonds is 0. The molecule has 0 heterocycles. The predicted molar refractivity (Wildman–Crippen MR) is 125 cm³/mol. The lowest BCUT2D eigenvalue weighted by Crippen LogP contribution is -2.68. The summed E-state index contributed by atoms with van der Waals surface area (Å²) in [7, 11) is 0. The van der Waals surface area contributed by atoms with E-state index in [0.717, 1.165) is 0 Å². The van der Waals surface area contributed by atoms with Gasteiger partial charge in [-0.1, -0.05) is 186 Å². The third kappa shape index (κ3) is 3.53. The van der Waals surface area contributed by atoms with E-state index >= 15 is 0 Å². The lowest BCUT2D eigenvalue weighted by Gasteiger charge is -2.52. The first-order chi connectivity index (χ1) is 10.9. The molecule has 0 N–H and O–H groups in total. The van der Waals surface area contributed by atoms with E-state index in [-0.39, 0.29) is 0 Å². The Kier molecular flexibility index (Phi) is 8.92. The Morgan fingerprint density at radius 3 is 0.654 bits per heavy atom. The van der Waals surface area contributed by atoms with E-state index in [0.29, 0.717) is 0 Å². The zero-order valence-corrected chi connectivity index (χ0v) is 23.9. The summed E-state index contributed by atoms with van der Waals surface area (Å²) in [6, 6.07) is 0. The highest BCUT2D eigenvalue weighted by molar-refractivity contribution is 6.82. The first-order valence-electron chi connectivity index (χ1n) is 5.57. The van der Waals surface area contributed by atoms with Gasteiger partial charge < -0.3 is 0 Å².